The molecule has 0 spiro atoms. The fourth-order valence-corrected chi connectivity index (χ4v) is 3.40. The minimum absolute atomic E-state index is 0.0128. The first-order chi connectivity index (χ1) is 12.2. The highest BCUT2D eigenvalue weighted by Gasteiger charge is 2.34. The Hall–Kier alpha value is -2.28. The van der Waals surface area contributed by atoms with Gasteiger partial charge in [0.2, 0.25) is 0 Å². The number of anilines is 1. The number of alkyl halides is 3. The second-order valence-corrected chi connectivity index (χ2v) is 6.48. The van der Waals surface area contributed by atoms with Crippen molar-refractivity contribution in [3.63, 3.8) is 0 Å². The van der Waals surface area contributed by atoms with E-state index in [0.717, 1.165) is 23.4 Å². The highest BCUT2D eigenvalue weighted by Crippen LogP contribution is 2.35. The number of rotatable bonds is 4. The summed E-state index contributed by atoms with van der Waals surface area (Å²) in [5, 5.41) is 2.80. The lowest BCUT2D eigenvalue weighted by Crippen LogP contribution is -2.23. The van der Waals surface area contributed by atoms with Crippen LogP contribution in [0.5, 0.6) is 0 Å². The van der Waals surface area contributed by atoms with Gasteiger partial charge < -0.3 is 10.2 Å². The molecule has 0 saturated heterocycles. The molecule has 0 radical (unpaired) electrons. The number of aromatic nitrogens is 1. The van der Waals surface area contributed by atoms with E-state index in [1.807, 2.05) is 13.8 Å². The van der Waals surface area contributed by atoms with Gasteiger partial charge in [-0.25, -0.2) is 4.98 Å². The Balaban J connectivity index is 1.87. The van der Waals surface area contributed by atoms with Crippen molar-refractivity contribution in [1.82, 2.24) is 9.88 Å². The van der Waals surface area contributed by atoms with Gasteiger partial charge in [-0.3, -0.25) is 4.79 Å². The Bertz CT molecular complexity index is 867. The summed E-state index contributed by atoms with van der Waals surface area (Å²) in [5.41, 5.74) is 2.06. The van der Waals surface area contributed by atoms with Crippen molar-refractivity contribution >= 4 is 23.2 Å². The molecule has 2 aromatic rings. The average Bonchev–Trinajstić information content (AvgIpc) is 2.89. The zero-order valence-electron chi connectivity index (χ0n) is 14.2. The van der Waals surface area contributed by atoms with Crippen LogP contribution in [0.25, 0.3) is 0 Å². The third kappa shape index (κ3) is 3.35. The molecule has 2 heterocycles. The van der Waals surface area contributed by atoms with Gasteiger partial charge in [0, 0.05) is 42.6 Å². The van der Waals surface area contributed by atoms with Gasteiger partial charge in [-0.2, -0.15) is 13.2 Å². The van der Waals surface area contributed by atoms with Crippen LogP contribution in [0.4, 0.5) is 18.9 Å². The van der Waals surface area contributed by atoms with Crippen molar-refractivity contribution in [2.45, 2.75) is 33.1 Å². The summed E-state index contributed by atoms with van der Waals surface area (Å²) in [6.07, 6.45) is -3.47. The molecule has 1 N–H and O–H groups in total. The van der Waals surface area contributed by atoms with Gasteiger partial charge in [-0.15, -0.1) is 0 Å². The molecule has 26 heavy (non-hydrogen) atoms. The highest BCUT2D eigenvalue weighted by atomic mass is 35.5. The Labute approximate surface area is 154 Å². The molecule has 0 unspecified atom stereocenters. The Morgan fingerprint density at radius 1 is 1.35 bits per heavy atom. The molecule has 1 aliphatic rings. The van der Waals surface area contributed by atoms with Crippen molar-refractivity contribution in [3.05, 3.63) is 57.4 Å². The molecular weight excluding hydrogens is 367 g/mol. The third-order valence-corrected chi connectivity index (χ3v) is 4.76. The van der Waals surface area contributed by atoms with Gasteiger partial charge in [0.15, 0.2) is 0 Å². The third-order valence-electron chi connectivity index (χ3n) is 4.44. The molecule has 4 nitrogen and oxygen atoms in total. The number of fused-ring (bicyclic) bond motifs is 1. The molecule has 0 aliphatic carbocycles. The van der Waals surface area contributed by atoms with E-state index in [9.17, 15) is 18.0 Å². The minimum atomic E-state index is -4.51. The van der Waals surface area contributed by atoms with E-state index >= 15 is 0 Å². The predicted molar refractivity (Wildman–Crippen MR) is 93.2 cm³/mol. The van der Waals surface area contributed by atoms with Gasteiger partial charge >= 0.3 is 6.18 Å². The lowest BCUT2D eigenvalue weighted by atomic mass is 10.0. The second-order valence-electron chi connectivity index (χ2n) is 6.13. The van der Waals surface area contributed by atoms with Crippen LogP contribution in [-0.2, 0) is 19.3 Å². The van der Waals surface area contributed by atoms with Crippen molar-refractivity contribution < 1.29 is 18.0 Å². The number of hydrogen-bond acceptors (Lipinski definition) is 3. The van der Waals surface area contributed by atoms with Gasteiger partial charge in [-0.1, -0.05) is 11.6 Å². The summed E-state index contributed by atoms with van der Waals surface area (Å²) in [6, 6.07) is 4.47. The summed E-state index contributed by atoms with van der Waals surface area (Å²) in [7, 11) is 0. The quantitative estimate of drug-likeness (QED) is 0.782. The largest absolute Gasteiger partial charge is 0.416 e. The molecule has 8 heteroatoms. The van der Waals surface area contributed by atoms with Gasteiger partial charge in [0.25, 0.3) is 5.91 Å². The Morgan fingerprint density at radius 2 is 2.08 bits per heavy atom. The van der Waals surface area contributed by atoms with Crippen LogP contribution in [0.15, 0.2) is 24.4 Å². The maximum atomic E-state index is 13.2. The predicted octanol–water partition coefficient (Wildman–Crippen LogP) is 4.65. The number of nitrogens with zero attached hydrogens (tertiary/aromatic N) is 2. The fourth-order valence-electron chi connectivity index (χ4n) is 3.18. The zero-order valence-corrected chi connectivity index (χ0v) is 15.0. The molecule has 138 valence electrons. The van der Waals surface area contributed by atoms with E-state index < -0.39 is 11.7 Å². The van der Waals surface area contributed by atoms with Crippen LogP contribution >= 0.6 is 11.6 Å². The molecule has 1 aromatic carbocycles. The van der Waals surface area contributed by atoms with Crippen molar-refractivity contribution in [1.29, 1.82) is 0 Å². The van der Waals surface area contributed by atoms with Crippen LogP contribution in [0.1, 0.15) is 39.5 Å². The lowest BCUT2D eigenvalue weighted by molar-refractivity contribution is -0.138. The molecule has 3 rings (SSSR count). The van der Waals surface area contributed by atoms with Crippen LogP contribution in [0.2, 0.25) is 5.15 Å². The van der Waals surface area contributed by atoms with E-state index in [4.69, 9.17) is 11.6 Å². The Morgan fingerprint density at radius 3 is 2.73 bits per heavy atom. The number of benzene rings is 1. The van der Waals surface area contributed by atoms with Crippen LogP contribution in [-0.4, -0.2) is 22.3 Å². The first kappa shape index (κ1) is 18.5. The first-order valence-electron chi connectivity index (χ1n) is 8.09. The standard InChI is InChI=1S/C18H17ClF3N3O/c1-3-25-9-11-7-12(6-10(2)15(11)17(25)26)24-8-13-14(18(20,21)22)4-5-23-16(13)19/h4-7,24H,3,8-9H2,1-2H3. The minimum Gasteiger partial charge on any atom is -0.381 e. The van der Waals surface area contributed by atoms with Gasteiger partial charge in [-0.05, 0) is 43.2 Å². The SMILES string of the molecule is CCN1Cc2cc(NCc3c(C(F)(F)F)ccnc3Cl)cc(C)c2C1=O. The maximum absolute atomic E-state index is 13.2. The number of carbonyl (C=O) groups is 1. The van der Waals surface area contributed by atoms with E-state index in [2.05, 4.69) is 10.3 Å². The molecular formula is C18H17ClF3N3O. The summed E-state index contributed by atoms with van der Waals surface area (Å²) < 4.78 is 39.5. The number of halogens is 4. The number of hydrogen-bond donors (Lipinski definition) is 1. The van der Waals surface area contributed by atoms with E-state index in [-0.39, 0.29) is 23.2 Å². The van der Waals surface area contributed by atoms with Crippen molar-refractivity contribution in [3.8, 4) is 0 Å². The smallest absolute Gasteiger partial charge is 0.381 e. The van der Waals surface area contributed by atoms with Gasteiger partial charge in [0.05, 0.1) is 5.56 Å². The first-order valence-corrected chi connectivity index (χ1v) is 8.47. The molecule has 1 aromatic heterocycles. The van der Waals surface area contributed by atoms with Crippen LogP contribution in [0.3, 0.4) is 0 Å². The Kier molecular flexibility index (Phi) is 4.84. The molecule has 0 fully saturated rings. The topological polar surface area (TPSA) is 45.2 Å². The number of aryl methyl sites for hydroxylation is 1. The fraction of sp³-hybridized carbons (Fsp3) is 0.333. The lowest BCUT2D eigenvalue weighted by Gasteiger charge is -2.15. The van der Waals surface area contributed by atoms with Gasteiger partial charge in [0.1, 0.15) is 5.15 Å². The summed E-state index contributed by atoms with van der Waals surface area (Å²) >= 11 is 5.88. The molecule has 0 atom stereocenters. The second kappa shape index (κ2) is 6.79. The highest BCUT2D eigenvalue weighted by molar-refractivity contribution is 6.30. The van der Waals surface area contributed by atoms with Crippen LogP contribution in [0, 0.1) is 6.92 Å². The summed E-state index contributed by atoms with van der Waals surface area (Å²) in [5.74, 6) is -0.0128. The summed E-state index contributed by atoms with van der Waals surface area (Å²) in [6.45, 7) is 4.71. The molecule has 1 aliphatic heterocycles. The number of pyridine rings is 1. The summed E-state index contributed by atoms with van der Waals surface area (Å²) in [4.78, 5) is 17.8. The number of carbonyl (C=O) groups excluding carboxylic acids is 1. The molecule has 0 saturated carbocycles. The zero-order chi connectivity index (χ0) is 19.1. The molecule has 0 bridgehead atoms. The average molecular weight is 384 g/mol. The van der Waals surface area contributed by atoms with Crippen molar-refractivity contribution in [2.24, 2.45) is 0 Å². The maximum Gasteiger partial charge on any atom is 0.416 e. The van der Waals surface area contributed by atoms with Crippen molar-refractivity contribution in [2.75, 3.05) is 11.9 Å². The van der Waals surface area contributed by atoms with E-state index in [0.29, 0.717) is 24.3 Å². The normalized spacial score (nSPS) is 13.9. The van der Waals surface area contributed by atoms with E-state index in [1.165, 1.54) is 0 Å². The number of amides is 1. The molecule has 1 amide bonds. The number of nitrogens with one attached hydrogen (secondary N) is 1. The monoisotopic (exact) mass is 383 g/mol. The van der Waals surface area contributed by atoms with Crippen LogP contribution < -0.4 is 5.32 Å². The van der Waals surface area contributed by atoms with E-state index in [1.54, 1.807) is 17.0 Å².